The van der Waals surface area contributed by atoms with Crippen LogP contribution in [0.4, 0.5) is 5.82 Å². The molecule has 0 saturated heterocycles. The number of aromatic nitrogens is 2. The van der Waals surface area contributed by atoms with E-state index in [1.54, 1.807) is 50.2 Å². The topological polar surface area (TPSA) is 74.6 Å². The van der Waals surface area contributed by atoms with Crippen molar-refractivity contribution in [3.05, 3.63) is 54.6 Å². The van der Waals surface area contributed by atoms with E-state index < -0.39 is 0 Å². The summed E-state index contributed by atoms with van der Waals surface area (Å²) in [5, 5.41) is 7.24. The largest absolute Gasteiger partial charge is 0.497 e. The van der Waals surface area contributed by atoms with Gasteiger partial charge in [0.25, 0.3) is 5.91 Å². The van der Waals surface area contributed by atoms with Gasteiger partial charge in [-0.15, -0.1) is 0 Å². The first kappa shape index (κ1) is 18.3. The molecule has 0 unspecified atom stereocenters. The van der Waals surface area contributed by atoms with Gasteiger partial charge in [0.15, 0.2) is 6.61 Å². The van der Waals surface area contributed by atoms with Crippen molar-refractivity contribution in [3.63, 3.8) is 0 Å². The number of hydrogen-bond acceptors (Lipinski definition) is 5. The first-order chi connectivity index (χ1) is 13.1. The van der Waals surface area contributed by atoms with Gasteiger partial charge in [-0.05, 0) is 24.3 Å². The molecule has 0 radical (unpaired) electrons. The van der Waals surface area contributed by atoms with E-state index in [0.717, 1.165) is 17.0 Å². The lowest BCUT2D eigenvalue weighted by molar-refractivity contribution is -0.118. The molecule has 140 valence electrons. The summed E-state index contributed by atoms with van der Waals surface area (Å²) in [6.07, 6.45) is 0. The normalized spacial score (nSPS) is 10.3. The number of benzene rings is 2. The summed E-state index contributed by atoms with van der Waals surface area (Å²) in [5.41, 5.74) is 1.64. The molecule has 7 heteroatoms. The molecular weight excluding hydrogens is 346 g/mol. The molecule has 0 saturated carbocycles. The van der Waals surface area contributed by atoms with Crippen LogP contribution in [0.25, 0.3) is 11.3 Å². The van der Waals surface area contributed by atoms with Crippen LogP contribution in [0.1, 0.15) is 0 Å². The van der Waals surface area contributed by atoms with Crippen LogP contribution in [0, 0.1) is 0 Å². The second-order valence-corrected chi connectivity index (χ2v) is 5.79. The zero-order chi connectivity index (χ0) is 19.2. The van der Waals surface area contributed by atoms with Gasteiger partial charge in [0.1, 0.15) is 23.1 Å². The fourth-order valence-corrected chi connectivity index (χ4v) is 2.53. The Kier molecular flexibility index (Phi) is 5.61. The zero-order valence-electron chi connectivity index (χ0n) is 15.4. The number of rotatable bonds is 7. The molecule has 7 nitrogen and oxygen atoms in total. The summed E-state index contributed by atoms with van der Waals surface area (Å²) in [5.74, 6) is 2.27. The van der Waals surface area contributed by atoms with Crippen LogP contribution >= 0.6 is 0 Å². The molecule has 1 amide bonds. The van der Waals surface area contributed by atoms with E-state index >= 15 is 0 Å². The molecule has 0 spiro atoms. The Balaban J connectivity index is 1.65. The minimum Gasteiger partial charge on any atom is -0.497 e. The third kappa shape index (κ3) is 4.58. The molecule has 27 heavy (non-hydrogen) atoms. The van der Waals surface area contributed by atoms with Gasteiger partial charge < -0.3 is 19.5 Å². The van der Waals surface area contributed by atoms with Crippen molar-refractivity contribution in [1.82, 2.24) is 9.78 Å². The van der Waals surface area contributed by atoms with Crippen molar-refractivity contribution in [1.29, 1.82) is 0 Å². The number of nitrogens with zero attached hydrogens (tertiary/aromatic N) is 2. The van der Waals surface area contributed by atoms with Gasteiger partial charge in [0.05, 0.1) is 19.9 Å². The molecule has 0 bridgehead atoms. The number of aryl methyl sites for hydroxylation is 1. The van der Waals surface area contributed by atoms with Crippen LogP contribution in [0.3, 0.4) is 0 Å². The first-order valence-corrected chi connectivity index (χ1v) is 8.34. The molecule has 0 atom stereocenters. The number of nitrogens with one attached hydrogen (secondary N) is 1. The summed E-state index contributed by atoms with van der Waals surface area (Å²) in [6, 6.07) is 16.5. The molecule has 1 aromatic heterocycles. The average Bonchev–Trinajstić information content (AvgIpc) is 3.07. The predicted octanol–water partition coefficient (Wildman–Crippen LogP) is 3.12. The summed E-state index contributed by atoms with van der Waals surface area (Å²) in [4.78, 5) is 12.2. The standard InChI is InChI=1S/C20H21N3O4/c1-23-19(12-18(22-23)14-6-4-7-15(10-14)25-2)21-20(24)13-27-17-9-5-8-16(11-17)26-3/h4-12H,13H2,1-3H3,(H,21,24). The van der Waals surface area contributed by atoms with Gasteiger partial charge in [0.2, 0.25) is 0 Å². The number of amides is 1. The highest BCUT2D eigenvalue weighted by Gasteiger charge is 2.11. The summed E-state index contributed by atoms with van der Waals surface area (Å²) >= 11 is 0. The molecule has 2 aromatic carbocycles. The van der Waals surface area contributed by atoms with Crippen molar-refractivity contribution in [3.8, 4) is 28.5 Å². The zero-order valence-corrected chi connectivity index (χ0v) is 15.4. The SMILES string of the molecule is COc1cccc(OCC(=O)Nc2cc(-c3cccc(OC)c3)nn2C)c1. The lowest BCUT2D eigenvalue weighted by Crippen LogP contribution is -2.21. The van der Waals surface area contributed by atoms with Gasteiger partial charge in [-0.1, -0.05) is 18.2 Å². The van der Waals surface area contributed by atoms with Crippen molar-refractivity contribution >= 4 is 11.7 Å². The van der Waals surface area contributed by atoms with Gasteiger partial charge in [-0.2, -0.15) is 5.10 Å². The van der Waals surface area contributed by atoms with Crippen LogP contribution in [-0.4, -0.2) is 36.5 Å². The minimum absolute atomic E-state index is 0.118. The van der Waals surface area contributed by atoms with Crippen molar-refractivity contribution < 1.29 is 19.0 Å². The Hall–Kier alpha value is -3.48. The van der Waals surface area contributed by atoms with E-state index in [9.17, 15) is 4.79 Å². The van der Waals surface area contributed by atoms with Crippen molar-refractivity contribution in [2.24, 2.45) is 7.05 Å². The van der Waals surface area contributed by atoms with E-state index in [0.29, 0.717) is 17.3 Å². The molecular formula is C20H21N3O4. The quantitative estimate of drug-likeness (QED) is 0.694. The van der Waals surface area contributed by atoms with Crippen molar-refractivity contribution in [2.75, 3.05) is 26.1 Å². The highest BCUT2D eigenvalue weighted by atomic mass is 16.5. The molecule has 1 N–H and O–H groups in total. The number of anilines is 1. The summed E-state index contributed by atoms with van der Waals surface area (Å²) < 4.78 is 17.5. The predicted molar refractivity (Wildman–Crippen MR) is 102 cm³/mol. The Morgan fingerprint density at radius 2 is 1.67 bits per heavy atom. The van der Waals surface area contributed by atoms with E-state index in [1.807, 2.05) is 30.3 Å². The average molecular weight is 367 g/mol. The Bertz CT molecular complexity index is 936. The maximum atomic E-state index is 12.2. The summed E-state index contributed by atoms with van der Waals surface area (Å²) in [7, 11) is 4.96. The van der Waals surface area contributed by atoms with Crippen LogP contribution in [-0.2, 0) is 11.8 Å². The van der Waals surface area contributed by atoms with Crippen LogP contribution in [0.5, 0.6) is 17.2 Å². The van der Waals surface area contributed by atoms with E-state index in [2.05, 4.69) is 10.4 Å². The first-order valence-electron chi connectivity index (χ1n) is 8.34. The third-order valence-electron chi connectivity index (χ3n) is 3.92. The number of carbonyl (C=O) groups is 1. The van der Waals surface area contributed by atoms with Gasteiger partial charge in [0, 0.05) is 24.7 Å². The highest BCUT2D eigenvalue weighted by molar-refractivity contribution is 5.91. The van der Waals surface area contributed by atoms with Gasteiger partial charge in [-0.25, -0.2) is 0 Å². The van der Waals surface area contributed by atoms with Crippen molar-refractivity contribution in [2.45, 2.75) is 0 Å². The number of hydrogen-bond donors (Lipinski definition) is 1. The third-order valence-corrected chi connectivity index (χ3v) is 3.92. The molecule has 0 fully saturated rings. The molecule has 0 aliphatic heterocycles. The lowest BCUT2D eigenvalue weighted by atomic mass is 10.1. The Labute approximate surface area is 157 Å². The lowest BCUT2D eigenvalue weighted by Gasteiger charge is -2.08. The Morgan fingerprint density at radius 1 is 1.00 bits per heavy atom. The van der Waals surface area contributed by atoms with Crippen LogP contribution < -0.4 is 19.5 Å². The minimum atomic E-state index is -0.280. The molecule has 0 aliphatic rings. The van der Waals surface area contributed by atoms with Gasteiger partial charge >= 0.3 is 0 Å². The van der Waals surface area contributed by atoms with E-state index in [1.165, 1.54) is 0 Å². The smallest absolute Gasteiger partial charge is 0.263 e. The molecule has 3 aromatic rings. The Morgan fingerprint density at radius 3 is 2.41 bits per heavy atom. The number of carbonyl (C=O) groups excluding carboxylic acids is 1. The fraction of sp³-hybridized carbons (Fsp3) is 0.200. The van der Waals surface area contributed by atoms with E-state index in [-0.39, 0.29) is 12.5 Å². The highest BCUT2D eigenvalue weighted by Crippen LogP contribution is 2.25. The monoisotopic (exact) mass is 367 g/mol. The number of methoxy groups -OCH3 is 2. The van der Waals surface area contributed by atoms with Crippen LogP contribution in [0.15, 0.2) is 54.6 Å². The number of ether oxygens (including phenoxy) is 3. The molecule has 3 rings (SSSR count). The second-order valence-electron chi connectivity index (χ2n) is 5.79. The summed E-state index contributed by atoms with van der Waals surface area (Å²) in [6.45, 7) is -0.118. The van der Waals surface area contributed by atoms with E-state index in [4.69, 9.17) is 14.2 Å². The van der Waals surface area contributed by atoms with Gasteiger partial charge in [-0.3, -0.25) is 9.48 Å². The maximum absolute atomic E-state index is 12.2. The fourth-order valence-electron chi connectivity index (χ4n) is 2.53. The van der Waals surface area contributed by atoms with Crippen LogP contribution in [0.2, 0.25) is 0 Å². The molecule has 0 aliphatic carbocycles. The molecule has 1 heterocycles. The maximum Gasteiger partial charge on any atom is 0.263 e. The second kappa shape index (κ2) is 8.27.